The molecule has 1 atom stereocenters. The molecule has 0 saturated carbocycles. The Labute approximate surface area is 184 Å². The van der Waals surface area contributed by atoms with Gasteiger partial charge in [-0.1, -0.05) is 30.3 Å². The van der Waals surface area contributed by atoms with Crippen molar-refractivity contribution in [2.24, 2.45) is 0 Å². The third-order valence-electron chi connectivity index (χ3n) is 5.66. The number of ether oxygens (including phenoxy) is 4. The van der Waals surface area contributed by atoms with Gasteiger partial charge in [0.15, 0.2) is 18.1 Å². The van der Waals surface area contributed by atoms with Crippen molar-refractivity contribution in [2.45, 2.75) is 19.4 Å². The van der Waals surface area contributed by atoms with Gasteiger partial charge in [0.2, 0.25) is 5.75 Å². The smallest absolute Gasteiger partial charge is 0.260 e. The summed E-state index contributed by atoms with van der Waals surface area (Å²) < 4.78 is 21.7. The summed E-state index contributed by atoms with van der Waals surface area (Å²) in [6, 6.07) is 14.3. The first-order chi connectivity index (χ1) is 15.0. The van der Waals surface area contributed by atoms with E-state index in [4.69, 9.17) is 18.9 Å². The summed E-state index contributed by atoms with van der Waals surface area (Å²) in [5, 5.41) is 0. The van der Waals surface area contributed by atoms with E-state index in [0.717, 1.165) is 19.5 Å². The monoisotopic (exact) mass is 428 g/mol. The first-order valence-electron chi connectivity index (χ1n) is 10.5. The minimum absolute atomic E-state index is 0.0240. The summed E-state index contributed by atoms with van der Waals surface area (Å²) in [7, 11) is 4.64. The number of piperazine rings is 1. The zero-order valence-corrected chi connectivity index (χ0v) is 18.8. The topological polar surface area (TPSA) is 60.5 Å². The SMILES string of the molecule is COc1cc(OCC(=O)N2CCN([C@@H](C)Cc3ccccc3)CC2)cc(OC)c1OC. The number of amides is 1. The average Bonchev–Trinajstić information content (AvgIpc) is 2.82. The molecule has 0 spiro atoms. The highest BCUT2D eigenvalue weighted by molar-refractivity contribution is 5.78. The van der Waals surface area contributed by atoms with Crippen molar-refractivity contribution in [3.8, 4) is 23.0 Å². The fourth-order valence-corrected chi connectivity index (χ4v) is 3.87. The van der Waals surface area contributed by atoms with Gasteiger partial charge < -0.3 is 23.8 Å². The highest BCUT2D eigenvalue weighted by Crippen LogP contribution is 2.40. The van der Waals surface area contributed by atoms with Crippen LogP contribution in [0.1, 0.15) is 12.5 Å². The fourth-order valence-electron chi connectivity index (χ4n) is 3.87. The van der Waals surface area contributed by atoms with Crippen LogP contribution in [0.3, 0.4) is 0 Å². The molecule has 0 N–H and O–H groups in total. The molecule has 31 heavy (non-hydrogen) atoms. The van der Waals surface area contributed by atoms with Crippen molar-refractivity contribution < 1.29 is 23.7 Å². The molecule has 0 aromatic heterocycles. The number of benzene rings is 2. The first kappa shape index (κ1) is 22.7. The Morgan fingerprint density at radius 2 is 1.55 bits per heavy atom. The molecule has 0 bridgehead atoms. The molecule has 1 heterocycles. The molecule has 1 saturated heterocycles. The predicted molar refractivity (Wildman–Crippen MR) is 119 cm³/mol. The second kappa shape index (κ2) is 10.9. The lowest BCUT2D eigenvalue weighted by atomic mass is 10.1. The highest BCUT2D eigenvalue weighted by atomic mass is 16.5. The summed E-state index contributed by atoms with van der Waals surface area (Å²) in [5.41, 5.74) is 1.34. The van der Waals surface area contributed by atoms with Crippen LogP contribution >= 0.6 is 0 Å². The van der Waals surface area contributed by atoms with Crippen molar-refractivity contribution in [3.63, 3.8) is 0 Å². The standard InChI is InChI=1S/C24H32N2O5/c1-18(14-19-8-6-5-7-9-19)25-10-12-26(13-11-25)23(27)17-31-20-15-21(28-2)24(30-4)22(16-20)29-3/h5-9,15-16,18H,10-14,17H2,1-4H3/t18-/m0/s1. The number of methoxy groups -OCH3 is 3. The number of nitrogens with zero attached hydrogens (tertiary/aromatic N) is 2. The molecule has 3 rings (SSSR count). The van der Waals surface area contributed by atoms with Crippen molar-refractivity contribution in [1.82, 2.24) is 9.80 Å². The molecule has 0 aliphatic carbocycles. The van der Waals surface area contributed by atoms with Crippen molar-refractivity contribution in [2.75, 3.05) is 54.1 Å². The van der Waals surface area contributed by atoms with Crippen LogP contribution in [0.2, 0.25) is 0 Å². The van der Waals surface area contributed by atoms with Crippen LogP contribution in [0.5, 0.6) is 23.0 Å². The second-order valence-corrected chi connectivity index (χ2v) is 7.61. The number of hydrogen-bond donors (Lipinski definition) is 0. The largest absolute Gasteiger partial charge is 0.493 e. The minimum atomic E-state index is -0.0296. The third-order valence-corrected chi connectivity index (χ3v) is 5.66. The summed E-state index contributed by atoms with van der Waals surface area (Å²) in [5.74, 6) is 1.95. The van der Waals surface area contributed by atoms with Gasteiger partial charge in [-0.3, -0.25) is 9.69 Å². The van der Waals surface area contributed by atoms with Crippen molar-refractivity contribution >= 4 is 5.91 Å². The van der Waals surface area contributed by atoms with Crippen molar-refractivity contribution in [3.05, 3.63) is 48.0 Å². The maximum atomic E-state index is 12.7. The van der Waals surface area contributed by atoms with Gasteiger partial charge in [-0.2, -0.15) is 0 Å². The van der Waals surface area contributed by atoms with Gasteiger partial charge in [0, 0.05) is 44.4 Å². The van der Waals surface area contributed by atoms with Gasteiger partial charge in [-0.25, -0.2) is 0 Å². The summed E-state index contributed by atoms with van der Waals surface area (Å²) in [6.45, 7) is 5.36. The Hall–Kier alpha value is -2.93. The van der Waals surface area contributed by atoms with E-state index in [1.807, 2.05) is 11.0 Å². The van der Waals surface area contributed by atoms with E-state index in [0.29, 0.717) is 42.1 Å². The number of rotatable bonds is 9. The van der Waals surface area contributed by atoms with Crippen LogP contribution in [0.15, 0.2) is 42.5 Å². The van der Waals surface area contributed by atoms with Crippen LogP contribution in [0, 0.1) is 0 Å². The van der Waals surface area contributed by atoms with E-state index in [1.54, 1.807) is 33.5 Å². The predicted octanol–water partition coefficient (Wildman–Crippen LogP) is 2.87. The zero-order chi connectivity index (χ0) is 22.2. The van der Waals surface area contributed by atoms with Gasteiger partial charge in [0.1, 0.15) is 5.75 Å². The molecule has 1 amide bonds. The maximum Gasteiger partial charge on any atom is 0.260 e. The van der Waals surface area contributed by atoms with E-state index in [9.17, 15) is 4.79 Å². The Morgan fingerprint density at radius 3 is 2.10 bits per heavy atom. The van der Waals surface area contributed by atoms with Crippen LogP contribution in [0.25, 0.3) is 0 Å². The Morgan fingerprint density at radius 1 is 0.935 bits per heavy atom. The molecule has 0 radical (unpaired) electrons. The van der Waals surface area contributed by atoms with Gasteiger partial charge in [-0.15, -0.1) is 0 Å². The lowest BCUT2D eigenvalue weighted by molar-refractivity contribution is -0.135. The Kier molecular flexibility index (Phi) is 8.00. The number of carbonyl (C=O) groups excluding carboxylic acids is 1. The number of carbonyl (C=O) groups is 1. The zero-order valence-electron chi connectivity index (χ0n) is 18.8. The Bertz CT molecular complexity index is 825. The summed E-state index contributed by atoms with van der Waals surface area (Å²) >= 11 is 0. The van der Waals surface area contributed by atoms with E-state index >= 15 is 0 Å². The molecule has 168 valence electrons. The maximum absolute atomic E-state index is 12.7. The lowest BCUT2D eigenvalue weighted by Crippen LogP contribution is -2.52. The lowest BCUT2D eigenvalue weighted by Gasteiger charge is -2.38. The molecule has 1 aliphatic rings. The number of hydrogen-bond acceptors (Lipinski definition) is 6. The van der Waals surface area contributed by atoms with Crippen LogP contribution in [0.4, 0.5) is 0 Å². The molecular weight excluding hydrogens is 396 g/mol. The van der Waals surface area contributed by atoms with Gasteiger partial charge in [-0.05, 0) is 18.9 Å². The van der Waals surface area contributed by atoms with Gasteiger partial charge >= 0.3 is 0 Å². The molecule has 7 nitrogen and oxygen atoms in total. The third kappa shape index (κ3) is 5.82. The molecule has 2 aromatic rings. The Balaban J connectivity index is 1.50. The minimum Gasteiger partial charge on any atom is -0.493 e. The van der Waals surface area contributed by atoms with Crippen molar-refractivity contribution in [1.29, 1.82) is 0 Å². The molecule has 7 heteroatoms. The van der Waals surface area contributed by atoms with Gasteiger partial charge in [0.05, 0.1) is 21.3 Å². The van der Waals surface area contributed by atoms with Crippen LogP contribution < -0.4 is 18.9 Å². The fraction of sp³-hybridized carbons (Fsp3) is 0.458. The normalized spacial score (nSPS) is 15.3. The highest BCUT2D eigenvalue weighted by Gasteiger charge is 2.24. The van der Waals surface area contributed by atoms with E-state index in [-0.39, 0.29) is 12.5 Å². The average molecular weight is 429 g/mol. The van der Waals surface area contributed by atoms with Crippen LogP contribution in [-0.2, 0) is 11.2 Å². The molecule has 2 aromatic carbocycles. The van der Waals surface area contributed by atoms with Gasteiger partial charge in [0.25, 0.3) is 5.91 Å². The van der Waals surface area contributed by atoms with E-state index < -0.39 is 0 Å². The quantitative estimate of drug-likeness (QED) is 0.612. The van der Waals surface area contributed by atoms with E-state index in [1.165, 1.54) is 5.56 Å². The molecule has 0 unspecified atom stereocenters. The van der Waals surface area contributed by atoms with E-state index in [2.05, 4.69) is 36.1 Å². The first-order valence-corrected chi connectivity index (χ1v) is 10.5. The molecule has 1 fully saturated rings. The molecular formula is C24H32N2O5. The summed E-state index contributed by atoms with van der Waals surface area (Å²) in [4.78, 5) is 17.0. The molecule has 1 aliphatic heterocycles. The summed E-state index contributed by atoms with van der Waals surface area (Å²) in [6.07, 6.45) is 1.01. The van der Waals surface area contributed by atoms with Crippen LogP contribution in [-0.4, -0.2) is 75.9 Å². The second-order valence-electron chi connectivity index (χ2n) is 7.61.